The van der Waals surface area contributed by atoms with Gasteiger partial charge in [0.15, 0.2) is 0 Å². The van der Waals surface area contributed by atoms with Crippen molar-refractivity contribution >= 4 is 23.4 Å². The minimum atomic E-state index is 0.109. The summed E-state index contributed by atoms with van der Waals surface area (Å²) in [7, 11) is 3.28. The van der Waals surface area contributed by atoms with Gasteiger partial charge in [-0.3, -0.25) is 19.5 Å². The number of carbonyl (C=O) groups is 2. The molecule has 2 atom stereocenters. The molecule has 3 aliphatic rings. The summed E-state index contributed by atoms with van der Waals surface area (Å²) in [5.74, 6) is 1.32. The van der Waals surface area contributed by atoms with Gasteiger partial charge in [-0.1, -0.05) is 48.0 Å². The van der Waals surface area contributed by atoms with Crippen molar-refractivity contribution in [3.8, 4) is 45.4 Å². The number of piperazine rings is 1. The number of hydrogen-bond donors (Lipinski definition) is 2. The number of pyridine rings is 1. The molecule has 2 amide bonds. The number of methoxy groups -OCH3 is 2. The summed E-state index contributed by atoms with van der Waals surface area (Å²) in [6.45, 7) is 7.97. The molecule has 2 fully saturated rings. The van der Waals surface area contributed by atoms with Crippen LogP contribution in [0, 0.1) is 6.92 Å². The molecule has 2 aromatic carbocycles. The van der Waals surface area contributed by atoms with E-state index in [4.69, 9.17) is 36.0 Å². The minimum Gasteiger partial charge on any atom is -0.481 e. The number of aryl methyl sites for hydroxylation is 1. The standard InChI is InChI=1S/C39H44ClN7O4/c1-23-27(7-5-8-28(23)33-21-42-34(38(45-33)50-3)22-46-15-17-47(18-16-46)24(2)48)29-9-6-10-30(37(29)40)32-19-25-11-13-31(36(25)39(44-32)51-4)41-20-26-12-14-35(49)43-26/h5-10,19,21,26,31,41H,11-18,20,22H2,1-4H3,(H,43,49). The zero-order valence-electron chi connectivity index (χ0n) is 29.6. The molecule has 7 rings (SSSR count). The molecule has 0 bridgehead atoms. The molecule has 11 nitrogen and oxygen atoms in total. The van der Waals surface area contributed by atoms with Crippen molar-refractivity contribution in [3.63, 3.8) is 0 Å². The second-order valence-corrected chi connectivity index (χ2v) is 13.9. The zero-order chi connectivity index (χ0) is 35.6. The molecule has 51 heavy (non-hydrogen) atoms. The van der Waals surface area contributed by atoms with E-state index in [1.54, 1.807) is 27.3 Å². The zero-order valence-corrected chi connectivity index (χ0v) is 30.3. The summed E-state index contributed by atoms with van der Waals surface area (Å²) in [5.41, 5.74) is 9.21. The number of ether oxygens (including phenoxy) is 2. The van der Waals surface area contributed by atoms with Crippen LogP contribution in [0.25, 0.3) is 33.6 Å². The van der Waals surface area contributed by atoms with E-state index in [-0.39, 0.29) is 23.9 Å². The molecule has 12 heteroatoms. The first-order valence-electron chi connectivity index (χ1n) is 17.6. The van der Waals surface area contributed by atoms with Crippen LogP contribution in [-0.2, 0) is 22.6 Å². The van der Waals surface area contributed by atoms with Gasteiger partial charge >= 0.3 is 0 Å². The molecule has 1 aliphatic carbocycles. The Hall–Kier alpha value is -4.58. The van der Waals surface area contributed by atoms with E-state index in [1.165, 1.54) is 5.56 Å². The van der Waals surface area contributed by atoms with Crippen LogP contribution in [0.5, 0.6) is 11.8 Å². The molecule has 2 unspecified atom stereocenters. The van der Waals surface area contributed by atoms with Crippen molar-refractivity contribution in [3.05, 3.63) is 76.1 Å². The Kier molecular flexibility index (Phi) is 10.2. The Morgan fingerprint density at radius 2 is 1.65 bits per heavy atom. The van der Waals surface area contributed by atoms with Gasteiger partial charge in [0.1, 0.15) is 5.69 Å². The van der Waals surface area contributed by atoms with E-state index in [9.17, 15) is 9.59 Å². The number of nitrogens with one attached hydrogen (secondary N) is 2. The van der Waals surface area contributed by atoms with Gasteiger partial charge in [-0.2, -0.15) is 0 Å². The summed E-state index contributed by atoms with van der Waals surface area (Å²) in [6, 6.07) is 14.6. The van der Waals surface area contributed by atoms with Crippen LogP contribution < -0.4 is 20.1 Å². The van der Waals surface area contributed by atoms with Crippen LogP contribution in [0.15, 0.2) is 48.7 Å². The maximum atomic E-state index is 11.7. The third-order valence-electron chi connectivity index (χ3n) is 10.4. The molecule has 0 radical (unpaired) electrons. The average molecular weight is 710 g/mol. The van der Waals surface area contributed by atoms with Crippen molar-refractivity contribution in [2.45, 2.75) is 58.2 Å². The molecule has 2 aliphatic heterocycles. The number of hydrogen-bond acceptors (Lipinski definition) is 9. The predicted octanol–water partition coefficient (Wildman–Crippen LogP) is 5.37. The van der Waals surface area contributed by atoms with Crippen molar-refractivity contribution < 1.29 is 19.1 Å². The number of benzene rings is 2. The van der Waals surface area contributed by atoms with Crippen LogP contribution in [0.3, 0.4) is 0 Å². The minimum absolute atomic E-state index is 0.109. The normalized spacial score (nSPS) is 18.8. The summed E-state index contributed by atoms with van der Waals surface area (Å²) in [5, 5.41) is 7.30. The Morgan fingerprint density at radius 1 is 0.941 bits per heavy atom. The highest BCUT2D eigenvalue weighted by molar-refractivity contribution is 6.36. The second kappa shape index (κ2) is 15.0. The van der Waals surface area contributed by atoms with Gasteiger partial charge < -0.3 is 25.0 Å². The van der Waals surface area contributed by atoms with Gasteiger partial charge in [0, 0.05) is 87.0 Å². The number of amides is 2. The smallest absolute Gasteiger partial charge is 0.237 e. The maximum Gasteiger partial charge on any atom is 0.237 e. The highest BCUT2D eigenvalue weighted by atomic mass is 35.5. The van der Waals surface area contributed by atoms with E-state index in [2.05, 4.69) is 34.6 Å². The van der Waals surface area contributed by atoms with Gasteiger partial charge in [0.05, 0.1) is 36.8 Å². The number of fused-ring (bicyclic) bond motifs is 1. The third kappa shape index (κ3) is 7.15. The van der Waals surface area contributed by atoms with Crippen LogP contribution in [0.4, 0.5) is 0 Å². The van der Waals surface area contributed by atoms with Crippen molar-refractivity contribution in [1.82, 2.24) is 35.4 Å². The molecular weight excluding hydrogens is 666 g/mol. The van der Waals surface area contributed by atoms with Crippen LogP contribution in [0.1, 0.15) is 54.6 Å². The van der Waals surface area contributed by atoms with Gasteiger partial charge in [0.25, 0.3) is 0 Å². The third-order valence-corrected chi connectivity index (χ3v) is 10.8. The maximum absolute atomic E-state index is 11.7. The average Bonchev–Trinajstić information content (AvgIpc) is 3.76. The first-order chi connectivity index (χ1) is 24.7. The number of aromatic nitrogens is 3. The molecule has 0 saturated carbocycles. The van der Waals surface area contributed by atoms with E-state index < -0.39 is 0 Å². The largest absolute Gasteiger partial charge is 0.481 e. The molecule has 0 spiro atoms. The number of halogens is 1. The van der Waals surface area contributed by atoms with Gasteiger partial charge in [0.2, 0.25) is 23.6 Å². The molecule has 2 N–H and O–H groups in total. The Balaban J connectivity index is 1.14. The van der Waals surface area contributed by atoms with Gasteiger partial charge in [-0.05, 0) is 48.9 Å². The summed E-state index contributed by atoms with van der Waals surface area (Å²) >= 11 is 7.24. The first kappa shape index (κ1) is 34.9. The fourth-order valence-electron chi connectivity index (χ4n) is 7.59. The molecule has 2 aromatic heterocycles. The molecule has 4 heterocycles. The highest BCUT2D eigenvalue weighted by Crippen LogP contribution is 2.43. The fourth-order valence-corrected chi connectivity index (χ4v) is 7.92. The van der Waals surface area contributed by atoms with Crippen molar-refractivity contribution in [2.24, 2.45) is 0 Å². The highest BCUT2D eigenvalue weighted by Gasteiger charge is 2.30. The number of nitrogens with zero attached hydrogens (tertiary/aromatic N) is 5. The summed E-state index contributed by atoms with van der Waals surface area (Å²) in [4.78, 5) is 42.2. The van der Waals surface area contributed by atoms with E-state index >= 15 is 0 Å². The van der Waals surface area contributed by atoms with Crippen LogP contribution in [-0.4, -0.2) is 89.6 Å². The van der Waals surface area contributed by atoms with Crippen LogP contribution >= 0.6 is 11.6 Å². The first-order valence-corrected chi connectivity index (χ1v) is 18.0. The van der Waals surface area contributed by atoms with Crippen molar-refractivity contribution in [2.75, 3.05) is 46.9 Å². The lowest BCUT2D eigenvalue weighted by Gasteiger charge is -2.34. The lowest BCUT2D eigenvalue weighted by Crippen LogP contribution is -2.47. The number of carbonyl (C=O) groups excluding carboxylic acids is 2. The van der Waals surface area contributed by atoms with E-state index in [1.807, 2.05) is 35.2 Å². The Labute approximate surface area is 303 Å². The molecule has 4 aromatic rings. The lowest BCUT2D eigenvalue weighted by atomic mass is 9.93. The molecule has 2 saturated heterocycles. The number of rotatable bonds is 10. The molecule has 266 valence electrons. The predicted molar refractivity (Wildman–Crippen MR) is 197 cm³/mol. The summed E-state index contributed by atoms with van der Waals surface area (Å²) in [6.07, 6.45) is 5.08. The summed E-state index contributed by atoms with van der Waals surface area (Å²) < 4.78 is 11.6. The fraction of sp³-hybridized carbons (Fsp3) is 0.410. The Bertz CT molecular complexity index is 1960. The molecular formula is C39H44ClN7O4. The monoisotopic (exact) mass is 709 g/mol. The quantitative estimate of drug-likeness (QED) is 0.224. The lowest BCUT2D eigenvalue weighted by molar-refractivity contribution is -0.130. The van der Waals surface area contributed by atoms with Gasteiger partial charge in [-0.15, -0.1) is 0 Å². The second-order valence-electron chi connectivity index (χ2n) is 13.5. The Morgan fingerprint density at radius 3 is 2.35 bits per heavy atom. The van der Waals surface area contributed by atoms with Crippen LogP contribution in [0.2, 0.25) is 5.02 Å². The van der Waals surface area contributed by atoms with E-state index in [0.717, 1.165) is 83.7 Å². The van der Waals surface area contributed by atoms with E-state index in [0.29, 0.717) is 48.5 Å². The van der Waals surface area contributed by atoms with Crippen molar-refractivity contribution in [1.29, 1.82) is 0 Å². The van der Waals surface area contributed by atoms with Gasteiger partial charge in [-0.25, -0.2) is 9.97 Å². The topological polar surface area (TPSA) is 122 Å². The SMILES string of the molecule is COc1nc(-c2cccc(-c3cccc(-c4cc5c(c(OC)n4)C(NCC4CCC(=O)N4)CC5)c3Cl)c2C)cnc1CN1CCN(C(C)=O)CC1.